The van der Waals surface area contributed by atoms with Crippen molar-refractivity contribution in [3.8, 4) is 0 Å². The van der Waals surface area contributed by atoms with E-state index in [1.807, 2.05) is 0 Å². The Balaban J connectivity index is 3.46. The van der Waals surface area contributed by atoms with Gasteiger partial charge in [0.15, 0.2) is 0 Å². The van der Waals surface area contributed by atoms with E-state index in [-0.39, 0.29) is 0 Å². The number of carbonyl (C=O) groups is 1. The highest BCUT2D eigenvalue weighted by atomic mass is 16.1. The van der Waals surface area contributed by atoms with Crippen molar-refractivity contribution < 1.29 is 4.79 Å². The van der Waals surface area contributed by atoms with E-state index >= 15 is 0 Å². The van der Waals surface area contributed by atoms with Gasteiger partial charge in [0.25, 0.3) is 0 Å². The van der Waals surface area contributed by atoms with Crippen LogP contribution in [0.1, 0.15) is 52.4 Å². The van der Waals surface area contributed by atoms with Crippen LogP contribution in [0, 0.1) is 5.92 Å². The summed E-state index contributed by atoms with van der Waals surface area (Å²) >= 11 is 0. The van der Waals surface area contributed by atoms with Crippen LogP contribution in [0.4, 0.5) is 0 Å². The molecule has 1 N–H and O–H groups in total. The maximum absolute atomic E-state index is 10.1. The molecule has 0 aliphatic heterocycles. The van der Waals surface area contributed by atoms with Gasteiger partial charge in [0.2, 0.25) is 6.41 Å². The Kier molecular flexibility index (Phi) is 9.17. The summed E-state index contributed by atoms with van der Waals surface area (Å²) in [4.78, 5) is 10.1. The lowest BCUT2D eigenvalue weighted by Gasteiger charge is -2.14. The molecule has 2 nitrogen and oxygen atoms in total. The molecule has 1 unspecified atom stereocenters. The molecule has 78 valence electrons. The normalized spacial score (nSPS) is 12.5. The highest BCUT2D eigenvalue weighted by Crippen LogP contribution is 2.14. The van der Waals surface area contributed by atoms with Gasteiger partial charge in [-0.15, -0.1) is 0 Å². The zero-order valence-corrected chi connectivity index (χ0v) is 9.01. The summed E-state index contributed by atoms with van der Waals surface area (Å²) < 4.78 is 0. The Labute approximate surface area is 82.1 Å². The van der Waals surface area contributed by atoms with Crippen LogP contribution in [-0.2, 0) is 4.79 Å². The number of carbonyl (C=O) groups excluding carboxylic acids is 1. The van der Waals surface area contributed by atoms with Crippen LogP contribution < -0.4 is 5.32 Å². The zero-order valence-electron chi connectivity index (χ0n) is 9.01. The molecule has 0 saturated heterocycles. The molecular weight excluding hydrogens is 162 g/mol. The van der Waals surface area contributed by atoms with Crippen molar-refractivity contribution in [2.45, 2.75) is 52.4 Å². The highest BCUT2D eigenvalue weighted by molar-refractivity contribution is 5.45. The maximum Gasteiger partial charge on any atom is 0.207 e. The fourth-order valence-electron chi connectivity index (χ4n) is 1.65. The minimum atomic E-state index is 0.696. The molecule has 0 bridgehead atoms. The molecule has 1 amide bonds. The van der Waals surface area contributed by atoms with Gasteiger partial charge in [-0.2, -0.15) is 0 Å². The van der Waals surface area contributed by atoms with Crippen molar-refractivity contribution >= 4 is 6.41 Å². The van der Waals surface area contributed by atoms with E-state index in [0.29, 0.717) is 5.92 Å². The first-order chi connectivity index (χ1) is 6.35. The van der Waals surface area contributed by atoms with Crippen molar-refractivity contribution in [2.75, 3.05) is 6.54 Å². The summed E-state index contributed by atoms with van der Waals surface area (Å²) in [5, 5.41) is 2.78. The molecule has 0 spiro atoms. The number of amides is 1. The number of rotatable bonds is 9. The average Bonchev–Trinajstić information content (AvgIpc) is 2.14. The molecule has 2 heteroatoms. The lowest BCUT2D eigenvalue weighted by Crippen LogP contribution is -2.21. The molecule has 0 aromatic rings. The van der Waals surface area contributed by atoms with Crippen molar-refractivity contribution in [1.29, 1.82) is 0 Å². The van der Waals surface area contributed by atoms with Crippen molar-refractivity contribution in [2.24, 2.45) is 5.92 Å². The minimum Gasteiger partial charge on any atom is -0.358 e. The van der Waals surface area contributed by atoms with Crippen molar-refractivity contribution in [1.82, 2.24) is 5.32 Å². The Morgan fingerprint density at radius 1 is 1.15 bits per heavy atom. The summed E-state index contributed by atoms with van der Waals surface area (Å²) in [6.07, 6.45) is 8.44. The summed E-state index contributed by atoms with van der Waals surface area (Å²) in [6.45, 7) is 5.29. The van der Waals surface area contributed by atoms with Crippen LogP contribution >= 0.6 is 0 Å². The first-order valence-corrected chi connectivity index (χ1v) is 5.52. The highest BCUT2D eigenvalue weighted by Gasteiger charge is 2.05. The van der Waals surface area contributed by atoms with E-state index in [9.17, 15) is 4.79 Å². The topological polar surface area (TPSA) is 29.1 Å². The van der Waals surface area contributed by atoms with Gasteiger partial charge in [-0.3, -0.25) is 4.79 Å². The summed E-state index contributed by atoms with van der Waals surface area (Å²) in [7, 11) is 0. The first kappa shape index (κ1) is 12.5. The Morgan fingerprint density at radius 2 is 1.92 bits per heavy atom. The van der Waals surface area contributed by atoms with Crippen LogP contribution in [0.25, 0.3) is 0 Å². The fourth-order valence-corrected chi connectivity index (χ4v) is 1.65. The predicted octanol–water partition coefficient (Wildman–Crippen LogP) is 2.73. The molecule has 0 aliphatic rings. The number of unbranched alkanes of at least 4 members (excludes halogenated alkanes) is 2. The molecule has 0 fully saturated rings. The fraction of sp³-hybridized carbons (Fsp3) is 0.909. The third-order valence-corrected chi connectivity index (χ3v) is 2.40. The van der Waals surface area contributed by atoms with Crippen LogP contribution in [0.5, 0.6) is 0 Å². The van der Waals surface area contributed by atoms with Gasteiger partial charge in [-0.05, 0) is 18.8 Å². The summed E-state index contributed by atoms with van der Waals surface area (Å²) in [5.74, 6) is 0.696. The van der Waals surface area contributed by atoms with Crippen LogP contribution in [0.3, 0.4) is 0 Å². The molecule has 0 heterocycles. The monoisotopic (exact) mass is 185 g/mol. The molecule has 0 saturated carbocycles. The second kappa shape index (κ2) is 9.56. The van der Waals surface area contributed by atoms with E-state index < -0.39 is 0 Å². The molecule has 0 radical (unpaired) electrons. The maximum atomic E-state index is 10.1. The van der Waals surface area contributed by atoms with Gasteiger partial charge in [0, 0.05) is 6.54 Å². The molecular formula is C11H23NO. The number of hydrogen-bond acceptors (Lipinski definition) is 1. The van der Waals surface area contributed by atoms with E-state index in [2.05, 4.69) is 19.2 Å². The quantitative estimate of drug-likeness (QED) is 0.434. The van der Waals surface area contributed by atoms with Gasteiger partial charge in [0.05, 0.1) is 0 Å². The van der Waals surface area contributed by atoms with E-state index in [1.54, 1.807) is 0 Å². The molecule has 0 rings (SSSR count). The first-order valence-electron chi connectivity index (χ1n) is 5.52. The van der Waals surface area contributed by atoms with E-state index in [1.165, 1.54) is 38.5 Å². The Bertz CT molecular complexity index is 115. The minimum absolute atomic E-state index is 0.696. The van der Waals surface area contributed by atoms with Gasteiger partial charge in [0.1, 0.15) is 0 Å². The van der Waals surface area contributed by atoms with E-state index in [4.69, 9.17) is 0 Å². The molecule has 1 atom stereocenters. The van der Waals surface area contributed by atoms with Gasteiger partial charge in [-0.1, -0.05) is 39.5 Å². The second-order valence-corrected chi connectivity index (χ2v) is 3.68. The summed E-state index contributed by atoms with van der Waals surface area (Å²) in [6, 6.07) is 0. The van der Waals surface area contributed by atoms with Crippen LogP contribution in [-0.4, -0.2) is 13.0 Å². The molecule has 13 heavy (non-hydrogen) atoms. The van der Waals surface area contributed by atoms with Gasteiger partial charge < -0.3 is 5.32 Å². The Morgan fingerprint density at radius 3 is 2.46 bits per heavy atom. The Hall–Kier alpha value is -0.530. The average molecular weight is 185 g/mol. The lowest BCUT2D eigenvalue weighted by atomic mass is 9.96. The van der Waals surface area contributed by atoms with Crippen LogP contribution in [0.15, 0.2) is 0 Å². The predicted molar refractivity (Wildman–Crippen MR) is 56.6 cm³/mol. The van der Waals surface area contributed by atoms with Crippen molar-refractivity contribution in [3.05, 3.63) is 0 Å². The zero-order chi connectivity index (χ0) is 9.94. The molecule has 0 aromatic carbocycles. The van der Waals surface area contributed by atoms with Crippen molar-refractivity contribution in [3.63, 3.8) is 0 Å². The van der Waals surface area contributed by atoms with Crippen LogP contribution in [0.2, 0.25) is 0 Å². The smallest absolute Gasteiger partial charge is 0.207 e. The number of nitrogens with one attached hydrogen (secondary N) is 1. The standard InChI is InChI=1S/C11H23NO/c1-3-5-6-8-11(7-4-2)9-12-10-13/h10-11H,3-9H2,1-2H3,(H,12,13). The number of hydrogen-bond donors (Lipinski definition) is 1. The largest absolute Gasteiger partial charge is 0.358 e. The molecule has 0 aliphatic carbocycles. The lowest BCUT2D eigenvalue weighted by molar-refractivity contribution is -0.109. The third-order valence-electron chi connectivity index (χ3n) is 2.40. The van der Waals surface area contributed by atoms with Gasteiger partial charge in [-0.25, -0.2) is 0 Å². The summed E-state index contributed by atoms with van der Waals surface area (Å²) in [5.41, 5.74) is 0. The second-order valence-electron chi connectivity index (χ2n) is 3.68. The van der Waals surface area contributed by atoms with E-state index in [0.717, 1.165) is 13.0 Å². The van der Waals surface area contributed by atoms with Gasteiger partial charge >= 0.3 is 0 Å². The third kappa shape index (κ3) is 7.82. The molecule has 0 aromatic heterocycles. The SMILES string of the molecule is CCCCCC(CCC)CNC=O.